The Morgan fingerprint density at radius 2 is 2.55 bits per heavy atom. The van der Waals surface area contributed by atoms with Gasteiger partial charge in [0.05, 0.1) is 12.2 Å². The molecule has 0 saturated carbocycles. The standard InChI is InChI=1S/C7H8N2O2/c1-5(10)9-7-6(4-8)2-3-11-7/h2-3H2,1H3,(H,9,10). The van der Waals surface area contributed by atoms with E-state index < -0.39 is 0 Å². The summed E-state index contributed by atoms with van der Waals surface area (Å²) in [7, 11) is 0. The number of amides is 1. The van der Waals surface area contributed by atoms with Crippen LogP contribution in [0.3, 0.4) is 0 Å². The molecule has 0 bridgehead atoms. The van der Waals surface area contributed by atoms with Crippen LogP contribution < -0.4 is 5.32 Å². The van der Waals surface area contributed by atoms with Gasteiger partial charge in [-0.3, -0.25) is 10.1 Å². The van der Waals surface area contributed by atoms with E-state index in [-0.39, 0.29) is 5.91 Å². The van der Waals surface area contributed by atoms with Crippen LogP contribution in [0.2, 0.25) is 0 Å². The van der Waals surface area contributed by atoms with Crippen LogP contribution in [-0.2, 0) is 9.53 Å². The van der Waals surface area contributed by atoms with Crippen LogP contribution in [0.25, 0.3) is 0 Å². The zero-order chi connectivity index (χ0) is 8.27. The average Bonchev–Trinajstić information content (AvgIpc) is 2.34. The highest BCUT2D eigenvalue weighted by Gasteiger charge is 2.15. The molecule has 1 heterocycles. The smallest absolute Gasteiger partial charge is 0.223 e. The van der Waals surface area contributed by atoms with Crippen LogP contribution in [0.1, 0.15) is 13.3 Å². The van der Waals surface area contributed by atoms with Crippen LogP contribution in [-0.4, -0.2) is 12.5 Å². The number of nitrogens with one attached hydrogen (secondary N) is 1. The molecule has 0 aliphatic carbocycles. The summed E-state index contributed by atoms with van der Waals surface area (Å²) < 4.78 is 4.99. The van der Waals surface area contributed by atoms with Gasteiger partial charge in [0, 0.05) is 13.3 Å². The molecule has 1 aliphatic heterocycles. The maximum Gasteiger partial charge on any atom is 0.223 e. The summed E-state index contributed by atoms with van der Waals surface area (Å²) in [5, 5.41) is 10.9. The number of ether oxygens (including phenoxy) is 1. The van der Waals surface area contributed by atoms with Crippen molar-refractivity contribution in [2.45, 2.75) is 13.3 Å². The largest absolute Gasteiger partial charge is 0.478 e. The summed E-state index contributed by atoms with van der Waals surface area (Å²) in [6, 6.07) is 1.96. The van der Waals surface area contributed by atoms with E-state index in [0.717, 1.165) is 0 Å². The minimum absolute atomic E-state index is 0.213. The number of nitriles is 1. The van der Waals surface area contributed by atoms with Gasteiger partial charge in [0.25, 0.3) is 0 Å². The molecule has 58 valence electrons. The number of carbonyl (C=O) groups is 1. The minimum atomic E-state index is -0.213. The lowest BCUT2D eigenvalue weighted by molar-refractivity contribution is -0.119. The average molecular weight is 152 g/mol. The normalized spacial score (nSPS) is 15.6. The van der Waals surface area contributed by atoms with Crippen molar-refractivity contribution in [3.63, 3.8) is 0 Å². The molecule has 4 heteroatoms. The molecule has 0 atom stereocenters. The fourth-order valence-electron chi connectivity index (χ4n) is 0.834. The molecule has 0 unspecified atom stereocenters. The van der Waals surface area contributed by atoms with E-state index in [1.54, 1.807) is 0 Å². The first kappa shape index (κ1) is 7.61. The number of carbonyl (C=O) groups excluding carboxylic acids is 1. The van der Waals surface area contributed by atoms with Gasteiger partial charge in [0.15, 0.2) is 0 Å². The molecule has 1 N–H and O–H groups in total. The van der Waals surface area contributed by atoms with Gasteiger partial charge in [-0.15, -0.1) is 0 Å². The lowest BCUT2D eigenvalue weighted by Gasteiger charge is -2.01. The maximum absolute atomic E-state index is 10.5. The second kappa shape index (κ2) is 3.06. The van der Waals surface area contributed by atoms with Crippen molar-refractivity contribution < 1.29 is 9.53 Å². The summed E-state index contributed by atoms with van der Waals surface area (Å²) >= 11 is 0. The topological polar surface area (TPSA) is 62.1 Å². The van der Waals surface area contributed by atoms with E-state index in [0.29, 0.717) is 24.5 Å². The Hall–Kier alpha value is -1.50. The van der Waals surface area contributed by atoms with Gasteiger partial charge in [-0.05, 0) is 0 Å². The molecule has 11 heavy (non-hydrogen) atoms. The lowest BCUT2D eigenvalue weighted by Crippen LogP contribution is -2.19. The van der Waals surface area contributed by atoms with Gasteiger partial charge in [-0.25, -0.2) is 0 Å². The number of nitrogens with zero attached hydrogens (tertiary/aromatic N) is 1. The van der Waals surface area contributed by atoms with E-state index in [2.05, 4.69) is 5.32 Å². The van der Waals surface area contributed by atoms with Crippen molar-refractivity contribution in [3.05, 3.63) is 11.5 Å². The van der Waals surface area contributed by atoms with Gasteiger partial charge in [-0.1, -0.05) is 0 Å². The van der Waals surface area contributed by atoms with Crippen LogP contribution in [0, 0.1) is 11.3 Å². The summed E-state index contributed by atoms with van der Waals surface area (Å²) in [4.78, 5) is 10.5. The van der Waals surface area contributed by atoms with Gasteiger partial charge < -0.3 is 4.74 Å². The monoisotopic (exact) mass is 152 g/mol. The minimum Gasteiger partial charge on any atom is -0.478 e. The highest BCUT2D eigenvalue weighted by atomic mass is 16.5. The van der Waals surface area contributed by atoms with Gasteiger partial charge in [0.2, 0.25) is 11.8 Å². The summed E-state index contributed by atoms with van der Waals surface area (Å²) in [5.74, 6) is 0.106. The fraction of sp³-hybridized carbons (Fsp3) is 0.429. The third-order valence-corrected chi connectivity index (χ3v) is 1.30. The number of hydrogen-bond donors (Lipinski definition) is 1. The molecule has 0 aromatic rings. The Labute approximate surface area is 64.5 Å². The van der Waals surface area contributed by atoms with Crippen molar-refractivity contribution in [2.75, 3.05) is 6.61 Å². The first-order valence-electron chi connectivity index (χ1n) is 3.27. The predicted octanol–water partition coefficient (Wildman–Crippen LogP) is 0.278. The molecule has 0 aromatic carbocycles. The zero-order valence-corrected chi connectivity index (χ0v) is 6.18. The molecular weight excluding hydrogens is 144 g/mol. The van der Waals surface area contributed by atoms with E-state index >= 15 is 0 Å². The molecule has 1 amide bonds. The van der Waals surface area contributed by atoms with Gasteiger partial charge >= 0.3 is 0 Å². The molecule has 1 aliphatic rings. The molecule has 4 nitrogen and oxygen atoms in total. The SMILES string of the molecule is CC(=O)NC1=C(C#N)CCO1. The molecule has 1 rings (SSSR count). The van der Waals surface area contributed by atoms with Crippen molar-refractivity contribution in [1.82, 2.24) is 5.32 Å². The molecule has 0 saturated heterocycles. The molecule has 0 radical (unpaired) electrons. The van der Waals surface area contributed by atoms with Gasteiger partial charge in [0.1, 0.15) is 6.07 Å². The third kappa shape index (κ3) is 1.71. The number of rotatable bonds is 1. The number of hydrogen-bond acceptors (Lipinski definition) is 3. The second-order valence-corrected chi connectivity index (χ2v) is 2.20. The van der Waals surface area contributed by atoms with Crippen molar-refractivity contribution in [2.24, 2.45) is 0 Å². The maximum atomic E-state index is 10.5. The first-order valence-corrected chi connectivity index (χ1v) is 3.27. The van der Waals surface area contributed by atoms with Crippen LogP contribution in [0.5, 0.6) is 0 Å². The van der Waals surface area contributed by atoms with Crippen LogP contribution >= 0.6 is 0 Å². The summed E-state index contributed by atoms with van der Waals surface area (Å²) in [6.07, 6.45) is 0.589. The van der Waals surface area contributed by atoms with E-state index in [4.69, 9.17) is 10.00 Å². The second-order valence-electron chi connectivity index (χ2n) is 2.20. The van der Waals surface area contributed by atoms with Gasteiger partial charge in [-0.2, -0.15) is 5.26 Å². The molecule has 0 spiro atoms. The third-order valence-electron chi connectivity index (χ3n) is 1.30. The Morgan fingerprint density at radius 1 is 1.82 bits per heavy atom. The van der Waals surface area contributed by atoms with Crippen molar-refractivity contribution in [3.8, 4) is 6.07 Å². The highest BCUT2D eigenvalue weighted by molar-refractivity contribution is 5.74. The first-order chi connectivity index (χ1) is 5.24. The quantitative estimate of drug-likeness (QED) is 0.587. The Balaban J connectivity index is 2.69. The van der Waals surface area contributed by atoms with E-state index in [9.17, 15) is 4.79 Å². The van der Waals surface area contributed by atoms with Crippen LogP contribution in [0.15, 0.2) is 11.5 Å². The Kier molecular flexibility index (Phi) is 2.12. The summed E-state index contributed by atoms with van der Waals surface area (Å²) in [5.41, 5.74) is 0.514. The highest BCUT2D eigenvalue weighted by Crippen LogP contribution is 2.15. The van der Waals surface area contributed by atoms with Crippen molar-refractivity contribution in [1.29, 1.82) is 5.26 Å². The summed E-state index contributed by atoms with van der Waals surface area (Å²) in [6.45, 7) is 1.86. The fourth-order valence-corrected chi connectivity index (χ4v) is 0.834. The molecular formula is C7H8N2O2. The lowest BCUT2D eigenvalue weighted by atomic mass is 10.2. The molecule has 0 fully saturated rings. The van der Waals surface area contributed by atoms with E-state index in [1.807, 2.05) is 6.07 Å². The van der Waals surface area contributed by atoms with E-state index in [1.165, 1.54) is 6.92 Å². The Bertz CT molecular complexity index is 250. The van der Waals surface area contributed by atoms with Crippen LogP contribution in [0.4, 0.5) is 0 Å². The Morgan fingerprint density at radius 3 is 3.09 bits per heavy atom. The predicted molar refractivity (Wildman–Crippen MR) is 37.0 cm³/mol. The molecule has 0 aromatic heterocycles. The van der Waals surface area contributed by atoms with Crippen molar-refractivity contribution >= 4 is 5.91 Å². The zero-order valence-electron chi connectivity index (χ0n) is 6.18.